The Bertz CT molecular complexity index is 463. The van der Waals surface area contributed by atoms with E-state index in [0.29, 0.717) is 0 Å². The summed E-state index contributed by atoms with van der Waals surface area (Å²) in [7, 11) is -3.34. The van der Waals surface area contributed by atoms with Gasteiger partial charge in [-0.05, 0) is 72.6 Å². The fourth-order valence-corrected chi connectivity index (χ4v) is 6.28. The molecule has 1 saturated heterocycles. The maximum absolute atomic E-state index is 6.62. The van der Waals surface area contributed by atoms with Gasteiger partial charge in [0.15, 0.2) is 8.32 Å². The van der Waals surface area contributed by atoms with E-state index < -0.39 is 22.2 Å². The van der Waals surface area contributed by atoms with Crippen LogP contribution in [0.1, 0.15) is 33.6 Å². The molecule has 0 aromatic rings. The Hall–Kier alpha value is -0.106. The molecule has 2 aliphatic rings. The Morgan fingerprint density at radius 3 is 2.05 bits per heavy atom. The second-order valence-electron chi connectivity index (χ2n) is 9.19. The summed E-state index contributed by atoms with van der Waals surface area (Å²) in [4.78, 5) is 0. The van der Waals surface area contributed by atoms with E-state index in [1.54, 1.807) is 0 Å². The van der Waals surface area contributed by atoms with Crippen LogP contribution in [-0.2, 0) is 13.6 Å². The minimum Gasteiger partial charge on any atom is -0.545 e. The van der Waals surface area contributed by atoms with E-state index in [9.17, 15) is 0 Å². The van der Waals surface area contributed by atoms with Crippen LogP contribution in [0.4, 0.5) is 0 Å². The van der Waals surface area contributed by atoms with Gasteiger partial charge in [0.1, 0.15) is 11.4 Å². The van der Waals surface area contributed by atoms with Crippen LogP contribution in [0.3, 0.4) is 0 Å². The lowest BCUT2D eigenvalue weighted by Crippen LogP contribution is -2.55. The molecule has 122 valence electrons. The molecule has 3 nitrogen and oxygen atoms in total. The number of rotatable bonds is 4. The molecule has 2 rings (SSSR count). The fourth-order valence-electron chi connectivity index (χ4n) is 3.73. The van der Waals surface area contributed by atoms with Gasteiger partial charge in [-0.2, -0.15) is 0 Å². The van der Waals surface area contributed by atoms with Crippen molar-refractivity contribution in [3.63, 3.8) is 0 Å². The summed E-state index contributed by atoms with van der Waals surface area (Å²) in [6.45, 7) is 20.0. The van der Waals surface area contributed by atoms with Gasteiger partial charge in [-0.3, -0.25) is 0 Å². The maximum atomic E-state index is 6.62. The van der Waals surface area contributed by atoms with Gasteiger partial charge in [0.25, 0.3) is 0 Å². The van der Waals surface area contributed by atoms with Gasteiger partial charge in [0, 0.05) is 6.42 Å². The first-order valence-electron chi connectivity index (χ1n) is 7.98. The molecule has 2 aliphatic heterocycles. The van der Waals surface area contributed by atoms with Gasteiger partial charge in [-0.25, -0.2) is 0 Å². The van der Waals surface area contributed by atoms with Crippen molar-refractivity contribution in [1.82, 2.24) is 0 Å². The first-order chi connectivity index (χ1) is 9.18. The normalized spacial score (nSPS) is 40.1. The largest absolute Gasteiger partial charge is 0.545 e. The van der Waals surface area contributed by atoms with Gasteiger partial charge in [0.05, 0.1) is 11.2 Å². The standard InChI is InChI=1S/C16H32O3Si2/c1-14-11-10-13(17-20(4,5)6)16(3,18-14)15(2,12-14)19-21(7,8)9/h10H,11-12H2,1-9H3/t14-,15-,16+/m0/s1. The monoisotopic (exact) mass is 328 g/mol. The lowest BCUT2D eigenvalue weighted by atomic mass is 9.83. The van der Waals surface area contributed by atoms with Crippen LogP contribution >= 0.6 is 0 Å². The summed E-state index contributed by atoms with van der Waals surface area (Å²) < 4.78 is 19.5. The lowest BCUT2D eigenvalue weighted by molar-refractivity contribution is -0.131. The highest BCUT2D eigenvalue weighted by atomic mass is 28.4. The zero-order valence-corrected chi connectivity index (χ0v) is 17.2. The van der Waals surface area contributed by atoms with E-state index in [0.717, 1.165) is 18.6 Å². The van der Waals surface area contributed by atoms with Gasteiger partial charge in [-0.15, -0.1) is 0 Å². The molecule has 21 heavy (non-hydrogen) atoms. The zero-order valence-electron chi connectivity index (χ0n) is 15.2. The van der Waals surface area contributed by atoms with Crippen molar-refractivity contribution in [2.75, 3.05) is 0 Å². The summed E-state index contributed by atoms with van der Waals surface area (Å²) in [5, 5.41) is 0. The van der Waals surface area contributed by atoms with Crippen molar-refractivity contribution >= 4 is 16.6 Å². The molecule has 0 aliphatic carbocycles. The van der Waals surface area contributed by atoms with Gasteiger partial charge < -0.3 is 13.6 Å². The molecule has 0 aromatic heterocycles. The Balaban J connectivity index is 2.40. The average molecular weight is 329 g/mol. The smallest absolute Gasteiger partial charge is 0.241 e. The first kappa shape index (κ1) is 17.3. The van der Waals surface area contributed by atoms with Crippen LogP contribution in [0, 0.1) is 0 Å². The molecule has 0 unspecified atom stereocenters. The van der Waals surface area contributed by atoms with E-state index in [-0.39, 0.29) is 11.2 Å². The third-order valence-corrected chi connectivity index (χ3v) is 6.20. The number of hydrogen-bond donors (Lipinski definition) is 0. The van der Waals surface area contributed by atoms with Crippen molar-refractivity contribution in [2.24, 2.45) is 0 Å². The van der Waals surface area contributed by atoms with Crippen LogP contribution in [0.2, 0.25) is 39.3 Å². The van der Waals surface area contributed by atoms with E-state index in [1.807, 2.05) is 0 Å². The van der Waals surface area contributed by atoms with Crippen molar-refractivity contribution in [3.8, 4) is 0 Å². The molecular weight excluding hydrogens is 296 g/mol. The lowest BCUT2D eigenvalue weighted by Gasteiger charge is -2.46. The third-order valence-electron chi connectivity index (χ3n) is 4.31. The second kappa shape index (κ2) is 4.69. The van der Waals surface area contributed by atoms with Crippen molar-refractivity contribution < 1.29 is 13.6 Å². The van der Waals surface area contributed by atoms with Crippen LogP contribution < -0.4 is 0 Å². The third kappa shape index (κ3) is 3.31. The molecule has 0 radical (unpaired) electrons. The maximum Gasteiger partial charge on any atom is 0.241 e. The molecular formula is C16H32O3Si2. The molecule has 0 N–H and O–H groups in total. The van der Waals surface area contributed by atoms with Crippen LogP contribution in [0.25, 0.3) is 0 Å². The van der Waals surface area contributed by atoms with E-state index >= 15 is 0 Å². The highest BCUT2D eigenvalue weighted by Gasteiger charge is 2.64. The summed E-state index contributed by atoms with van der Waals surface area (Å²) in [5.74, 6) is 0.998. The molecule has 0 amide bonds. The van der Waals surface area contributed by atoms with Crippen LogP contribution in [-0.4, -0.2) is 33.4 Å². The fraction of sp³-hybridized carbons (Fsp3) is 0.875. The van der Waals surface area contributed by atoms with Crippen molar-refractivity contribution in [3.05, 3.63) is 11.8 Å². The zero-order chi connectivity index (χ0) is 16.3. The predicted octanol–water partition coefficient (Wildman–Crippen LogP) is 4.67. The Morgan fingerprint density at radius 2 is 1.57 bits per heavy atom. The van der Waals surface area contributed by atoms with Crippen LogP contribution in [0.15, 0.2) is 11.8 Å². The summed E-state index contributed by atoms with van der Waals surface area (Å²) >= 11 is 0. The Labute approximate surface area is 132 Å². The minimum absolute atomic E-state index is 0.130. The average Bonchev–Trinajstić information content (AvgIpc) is 2.32. The first-order valence-corrected chi connectivity index (χ1v) is 14.8. The van der Waals surface area contributed by atoms with Crippen molar-refractivity contribution in [2.45, 2.75) is 89.7 Å². The molecule has 0 aromatic carbocycles. The van der Waals surface area contributed by atoms with Crippen molar-refractivity contribution in [1.29, 1.82) is 0 Å². The van der Waals surface area contributed by atoms with Gasteiger partial charge >= 0.3 is 0 Å². The molecule has 0 spiro atoms. The molecule has 2 heterocycles. The molecule has 0 saturated carbocycles. The van der Waals surface area contributed by atoms with E-state index in [2.05, 4.69) is 66.1 Å². The summed E-state index contributed by atoms with van der Waals surface area (Å²) in [5.41, 5.74) is -0.912. The molecule has 2 bridgehead atoms. The Morgan fingerprint density at radius 1 is 1.00 bits per heavy atom. The molecule has 1 fully saturated rings. The molecule has 3 atom stereocenters. The van der Waals surface area contributed by atoms with Crippen LogP contribution in [0.5, 0.6) is 0 Å². The number of ether oxygens (including phenoxy) is 1. The van der Waals surface area contributed by atoms with Gasteiger partial charge in [0.2, 0.25) is 8.32 Å². The number of hydrogen-bond acceptors (Lipinski definition) is 3. The predicted molar refractivity (Wildman–Crippen MR) is 92.5 cm³/mol. The quantitative estimate of drug-likeness (QED) is 0.702. The van der Waals surface area contributed by atoms with Gasteiger partial charge in [-0.1, -0.05) is 0 Å². The molecule has 5 heteroatoms. The minimum atomic E-state index is -1.67. The SMILES string of the molecule is C[C@@]12CC=C(O[Si](C)(C)C)[C@@](C)(O1)[C@@](C)(O[Si](C)(C)C)C2. The van der Waals surface area contributed by atoms with E-state index in [4.69, 9.17) is 13.6 Å². The summed E-state index contributed by atoms with van der Waals surface area (Å²) in [6, 6.07) is 0. The topological polar surface area (TPSA) is 27.7 Å². The second-order valence-corrected chi connectivity index (χ2v) is 18.1. The highest BCUT2D eigenvalue weighted by molar-refractivity contribution is 6.70. The number of fused-ring (bicyclic) bond motifs is 2. The highest BCUT2D eigenvalue weighted by Crippen LogP contribution is 2.56. The van der Waals surface area contributed by atoms with E-state index in [1.165, 1.54) is 0 Å². The Kier molecular flexibility index (Phi) is 3.86. The summed E-state index contributed by atoms with van der Waals surface area (Å²) in [6.07, 6.45) is 4.09.